The van der Waals surface area contributed by atoms with Gasteiger partial charge in [-0.05, 0) is 18.3 Å². The number of carbonyl (C=O) groups is 1. The van der Waals surface area contributed by atoms with E-state index in [1.165, 1.54) is 40.9 Å². The van der Waals surface area contributed by atoms with Crippen LogP contribution in [0.1, 0.15) is 39.0 Å². The summed E-state index contributed by atoms with van der Waals surface area (Å²) < 4.78 is 5.10. The van der Waals surface area contributed by atoms with Gasteiger partial charge in [0, 0.05) is 18.1 Å². The molecule has 0 heterocycles. The van der Waals surface area contributed by atoms with Crippen molar-refractivity contribution < 1.29 is 19.5 Å². The van der Waals surface area contributed by atoms with Gasteiger partial charge in [0.15, 0.2) is 0 Å². The number of carbonyl (C=O) groups excluding carboxylic acids is 1. The van der Waals surface area contributed by atoms with E-state index in [-0.39, 0.29) is 18.1 Å². The van der Waals surface area contributed by atoms with Crippen LogP contribution in [0.4, 0.5) is 4.79 Å². The van der Waals surface area contributed by atoms with Gasteiger partial charge in [-0.1, -0.05) is 47.8 Å². The van der Waals surface area contributed by atoms with Crippen LogP contribution in [0.5, 0.6) is 0 Å². The van der Waals surface area contributed by atoms with Crippen molar-refractivity contribution in [3.05, 3.63) is 10.1 Å². The van der Waals surface area contributed by atoms with Crippen molar-refractivity contribution in [2.24, 2.45) is 5.41 Å². The molecule has 1 saturated carbocycles. The minimum atomic E-state index is -0.800. The van der Waals surface area contributed by atoms with Gasteiger partial charge in [-0.25, -0.2) is 4.79 Å². The zero-order chi connectivity index (χ0) is 16.3. The molecule has 128 valence electrons. The van der Waals surface area contributed by atoms with Crippen molar-refractivity contribution >= 4 is 27.7 Å². The first kappa shape index (κ1) is 19.2. The quantitative estimate of drug-likeness (QED) is 0.279. The lowest BCUT2D eigenvalue weighted by molar-refractivity contribution is -0.756. The number of ether oxygens (including phenoxy) is 1. The Morgan fingerprint density at radius 3 is 2.50 bits per heavy atom. The van der Waals surface area contributed by atoms with E-state index in [4.69, 9.17) is 4.74 Å². The number of hydrogen-bond acceptors (Lipinski definition) is 7. The topological polar surface area (TPSA) is 90.7 Å². The standard InChI is InChI=1S/C13H24N2O5S2/c1-13(5-3-2-4-6-13)11-14-12(16)19-7-9-21-22-10-8-20-15(17)18/h2-11H2,1H3,(H,14,16). The second kappa shape index (κ2) is 10.8. The molecule has 7 nitrogen and oxygen atoms in total. The molecule has 0 spiro atoms. The molecule has 0 aromatic heterocycles. The minimum Gasteiger partial charge on any atom is -0.449 e. The molecule has 0 radical (unpaired) electrons. The number of amides is 1. The first-order valence-electron chi connectivity index (χ1n) is 7.44. The number of hydrogen-bond donors (Lipinski definition) is 1. The van der Waals surface area contributed by atoms with Gasteiger partial charge in [0.05, 0.1) is 0 Å². The largest absolute Gasteiger partial charge is 0.449 e. The summed E-state index contributed by atoms with van der Waals surface area (Å²) in [5.41, 5.74) is 0.207. The van der Waals surface area contributed by atoms with Gasteiger partial charge in [0.1, 0.15) is 13.2 Å². The Morgan fingerprint density at radius 2 is 1.86 bits per heavy atom. The number of rotatable bonds is 10. The second-order valence-electron chi connectivity index (χ2n) is 5.56. The maximum atomic E-state index is 11.6. The average Bonchev–Trinajstić information content (AvgIpc) is 2.48. The molecule has 0 saturated heterocycles. The van der Waals surface area contributed by atoms with E-state index in [0.29, 0.717) is 24.7 Å². The molecule has 0 unspecified atom stereocenters. The maximum absolute atomic E-state index is 11.6. The second-order valence-corrected chi connectivity index (χ2v) is 8.26. The summed E-state index contributed by atoms with van der Waals surface area (Å²) in [5, 5.41) is 12.0. The SMILES string of the molecule is CC1(CNC(=O)OCCSSCCO[N+](=O)[O-])CCCCC1. The third-order valence-corrected chi connectivity index (χ3v) is 5.90. The molecule has 0 aliphatic heterocycles. The molecule has 0 bridgehead atoms. The molecule has 9 heteroatoms. The van der Waals surface area contributed by atoms with Crippen molar-refractivity contribution in [2.75, 3.05) is 31.3 Å². The highest BCUT2D eigenvalue weighted by Crippen LogP contribution is 2.34. The van der Waals surface area contributed by atoms with Crippen molar-refractivity contribution in [3.63, 3.8) is 0 Å². The van der Waals surface area contributed by atoms with E-state index in [0.717, 1.165) is 12.8 Å². The maximum Gasteiger partial charge on any atom is 0.407 e. The average molecular weight is 352 g/mol. The van der Waals surface area contributed by atoms with Crippen LogP contribution in [0.15, 0.2) is 0 Å². The van der Waals surface area contributed by atoms with Gasteiger partial charge >= 0.3 is 6.09 Å². The fourth-order valence-electron chi connectivity index (χ4n) is 2.35. The summed E-state index contributed by atoms with van der Waals surface area (Å²) in [7, 11) is 2.96. The lowest BCUT2D eigenvalue weighted by Crippen LogP contribution is -2.37. The van der Waals surface area contributed by atoms with Gasteiger partial charge in [0.2, 0.25) is 0 Å². The molecule has 0 aromatic rings. The van der Waals surface area contributed by atoms with E-state index >= 15 is 0 Å². The Bertz CT molecular complexity index is 351. The van der Waals surface area contributed by atoms with Crippen LogP contribution in [0, 0.1) is 15.5 Å². The zero-order valence-electron chi connectivity index (χ0n) is 12.9. The Balaban J connectivity index is 1.94. The minimum absolute atomic E-state index is 0.0740. The molecule has 0 aromatic carbocycles. The summed E-state index contributed by atoms with van der Waals surface area (Å²) in [5.74, 6) is 1.17. The zero-order valence-corrected chi connectivity index (χ0v) is 14.5. The molecule has 1 N–H and O–H groups in total. The Hall–Kier alpha value is -0.830. The van der Waals surface area contributed by atoms with E-state index in [1.807, 2.05) is 0 Å². The van der Waals surface area contributed by atoms with Crippen LogP contribution in [0.3, 0.4) is 0 Å². The molecule has 1 fully saturated rings. The van der Waals surface area contributed by atoms with Crippen LogP contribution in [0.2, 0.25) is 0 Å². The number of alkyl carbamates (subject to hydrolysis) is 1. The Labute approximate surface area is 138 Å². The summed E-state index contributed by atoms with van der Waals surface area (Å²) >= 11 is 0. The first-order valence-corrected chi connectivity index (χ1v) is 9.93. The van der Waals surface area contributed by atoms with Crippen molar-refractivity contribution in [3.8, 4) is 0 Å². The van der Waals surface area contributed by atoms with Crippen LogP contribution in [0.25, 0.3) is 0 Å². The predicted molar refractivity (Wildman–Crippen MR) is 88.4 cm³/mol. The molecule has 0 atom stereocenters. The molecule has 1 aliphatic carbocycles. The molecule has 1 rings (SSSR count). The highest BCUT2D eigenvalue weighted by Gasteiger charge is 2.27. The predicted octanol–water partition coefficient (Wildman–Crippen LogP) is 3.27. The fourth-order valence-corrected chi connectivity index (χ4v) is 4.00. The smallest absolute Gasteiger partial charge is 0.407 e. The van der Waals surface area contributed by atoms with Gasteiger partial charge < -0.3 is 14.9 Å². The number of nitrogens with zero attached hydrogens (tertiary/aromatic N) is 1. The molecule has 1 aliphatic rings. The van der Waals surface area contributed by atoms with Crippen molar-refractivity contribution in [1.82, 2.24) is 5.32 Å². The molecule has 22 heavy (non-hydrogen) atoms. The van der Waals surface area contributed by atoms with Crippen LogP contribution >= 0.6 is 21.6 Å². The fraction of sp³-hybridized carbons (Fsp3) is 0.923. The Kier molecular flexibility index (Phi) is 9.45. The normalized spacial score (nSPS) is 16.8. The molecular formula is C13H24N2O5S2. The van der Waals surface area contributed by atoms with Crippen LogP contribution in [-0.4, -0.2) is 42.4 Å². The first-order chi connectivity index (χ1) is 10.5. The highest BCUT2D eigenvalue weighted by molar-refractivity contribution is 8.76. The Morgan fingerprint density at radius 1 is 1.23 bits per heavy atom. The summed E-state index contributed by atoms with van der Waals surface area (Å²) in [6.45, 7) is 3.29. The van der Waals surface area contributed by atoms with E-state index in [2.05, 4.69) is 17.1 Å². The summed E-state index contributed by atoms with van der Waals surface area (Å²) in [6, 6.07) is 0. The number of nitrogens with one attached hydrogen (secondary N) is 1. The monoisotopic (exact) mass is 352 g/mol. The van der Waals surface area contributed by atoms with Gasteiger partial charge in [-0.15, -0.1) is 10.1 Å². The van der Waals surface area contributed by atoms with Crippen molar-refractivity contribution in [2.45, 2.75) is 39.0 Å². The van der Waals surface area contributed by atoms with Crippen molar-refractivity contribution in [1.29, 1.82) is 0 Å². The van der Waals surface area contributed by atoms with Crippen LogP contribution in [-0.2, 0) is 9.57 Å². The lowest BCUT2D eigenvalue weighted by Gasteiger charge is -2.33. The highest BCUT2D eigenvalue weighted by atomic mass is 33.1. The van der Waals surface area contributed by atoms with E-state index in [1.54, 1.807) is 0 Å². The van der Waals surface area contributed by atoms with Crippen LogP contribution < -0.4 is 5.32 Å². The molecular weight excluding hydrogens is 328 g/mol. The van der Waals surface area contributed by atoms with Gasteiger partial charge in [0.25, 0.3) is 5.09 Å². The third kappa shape index (κ3) is 9.24. The van der Waals surface area contributed by atoms with Gasteiger partial charge in [-0.3, -0.25) is 0 Å². The van der Waals surface area contributed by atoms with E-state index in [9.17, 15) is 14.9 Å². The molecule has 1 amide bonds. The summed E-state index contributed by atoms with van der Waals surface area (Å²) in [4.78, 5) is 25.7. The van der Waals surface area contributed by atoms with E-state index < -0.39 is 5.09 Å². The lowest BCUT2D eigenvalue weighted by atomic mass is 9.76. The summed E-state index contributed by atoms with van der Waals surface area (Å²) in [6.07, 6.45) is 5.72. The van der Waals surface area contributed by atoms with Gasteiger partial charge in [-0.2, -0.15) is 0 Å². The third-order valence-electron chi connectivity index (χ3n) is 3.57.